The van der Waals surface area contributed by atoms with Gasteiger partial charge in [-0.1, -0.05) is 18.2 Å². The van der Waals surface area contributed by atoms with Gasteiger partial charge in [0.05, 0.1) is 6.42 Å². The van der Waals surface area contributed by atoms with Crippen LogP contribution in [0.3, 0.4) is 0 Å². The molecule has 2 bridgehead atoms. The van der Waals surface area contributed by atoms with Gasteiger partial charge in [0.25, 0.3) is 10.2 Å². The maximum atomic E-state index is 13.8. The summed E-state index contributed by atoms with van der Waals surface area (Å²) >= 11 is 0. The Morgan fingerprint density at radius 1 is 1.20 bits per heavy atom. The molecule has 25 heavy (non-hydrogen) atoms. The Hall–Kier alpha value is -1.51. The van der Waals surface area contributed by atoms with Gasteiger partial charge in [-0.2, -0.15) is 17.0 Å². The topological polar surface area (TPSA) is 60.9 Å². The molecule has 6 nitrogen and oxygen atoms in total. The van der Waals surface area contributed by atoms with Crippen molar-refractivity contribution in [2.75, 3.05) is 33.7 Å². The van der Waals surface area contributed by atoms with Crippen LogP contribution >= 0.6 is 0 Å². The van der Waals surface area contributed by atoms with Gasteiger partial charge in [-0.25, -0.2) is 4.39 Å². The van der Waals surface area contributed by atoms with Gasteiger partial charge in [0.15, 0.2) is 0 Å². The highest BCUT2D eigenvalue weighted by molar-refractivity contribution is 7.86. The van der Waals surface area contributed by atoms with Crippen molar-refractivity contribution in [2.24, 2.45) is 5.92 Å². The van der Waals surface area contributed by atoms with Crippen LogP contribution in [-0.2, 0) is 21.4 Å². The molecule has 2 atom stereocenters. The van der Waals surface area contributed by atoms with Gasteiger partial charge in [-0.05, 0) is 30.4 Å². The standard InChI is InChI=1S/C17H24FN3O3S/c1-19(2)25(23,24)20-10-13-7-8-15(12-20)21(11-13)17(22)9-14-5-3-4-6-16(14)18/h3-6,13,15H,7-12H2,1-2H3/t13-,15+/m1/s1. The summed E-state index contributed by atoms with van der Waals surface area (Å²) in [5.41, 5.74) is 0.380. The molecule has 3 aliphatic rings. The van der Waals surface area contributed by atoms with Crippen LogP contribution in [0.25, 0.3) is 0 Å². The van der Waals surface area contributed by atoms with Crippen molar-refractivity contribution in [3.8, 4) is 0 Å². The normalized spacial score (nSPS) is 24.6. The molecule has 4 rings (SSSR count). The Balaban J connectivity index is 1.77. The third-order valence-corrected chi connectivity index (χ3v) is 6.96. The first-order chi connectivity index (χ1) is 11.8. The van der Waals surface area contributed by atoms with E-state index in [-0.39, 0.29) is 30.1 Å². The number of benzene rings is 1. The molecule has 0 spiro atoms. The van der Waals surface area contributed by atoms with E-state index in [0.717, 1.165) is 12.8 Å². The summed E-state index contributed by atoms with van der Waals surface area (Å²) in [4.78, 5) is 14.5. The van der Waals surface area contributed by atoms with Crippen LogP contribution < -0.4 is 0 Å². The molecule has 1 amide bonds. The van der Waals surface area contributed by atoms with E-state index < -0.39 is 10.2 Å². The van der Waals surface area contributed by atoms with Crippen molar-refractivity contribution in [3.63, 3.8) is 0 Å². The molecule has 0 unspecified atom stereocenters. The second-order valence-electron chi connectivity index (χ2n) is 7.02. The molecule has 3 aliphatic heterocycles. The molecule has 1 aromatic carbocycles. The average molecular weight is 369 g/mol. The van der Waals surface area contributed by atoms with Gasteiger partial charge >= 0.3 is 0 Å². The Labute approximate surface area is 148 Å². The van der Waals surface area contributed by atoms with Crippen molar-refractivity contribution in [1.82, 2.24) is 13.5 Å². The summed E-state index contributed by atoms with van der Waals surface area (Å²) in [7, 11) is -0.461. The average Bonchev–Trinajstić information content (AvgIpc) is 2.89. The zero-order valence-corrected chi connectivity index (χ0v) is 15.4. The van der Waals surface area contributed by atoms with Crippen LogP contribution in [-0.4, -0.2) is 67.6 Å². The summed E-state index contributed by atoms with van der Waals surface area (Å²) in [6.45, 7) is 1.28. The lowest BCUT2D eigenvalue weighted by atomic mass is 9.94. The van der Waals surface area contributed by atoms with E-state index in [0.29, 0.717) is 25.2 Å². The lowest BCUT2D eigenvalue weighted by Gasteiger charge is -2.36. The van der Waals surface area contributed by atoms with Crippen LogP contribution in [0.4, 0.5) is 4.39 Å². The first kappa shape index (κ1) is 18.3. The first-order valence-electron chi connectivity index (χ1n) is 8.49. The minimum atomic E-state index is -3.50. The van der Waals surface area contributed by atoms with Gasteiger partial charge in [0, 0.05) is 39.8 Å². The zero-order chi connectivity index (χ0) is 18.2. The van der Waals surface area contributed by atoms with Gasteiger partial charge in [0.2, 0.25) is 5.91 Å². The number of piperidine rings is 1. The first-order valence-corrected chi connectivity index (χ1v) is 9.89. The van der Waals surface area contributed by atoms with E-state index >= 15 is 0 Å². The van der Waals surface area contributed by atoms with Gasteiger partial charge < -0.3 is 4.90 Å². The van der Waals surface area contributed by atoms with Gasteiger partial charge in [0.1, 0.15) is 5.82 Å². The predicted octanol–water partition coefficient (Wildman–Crippen LogP) is 1.10. The highest BCUT2D eigenvalue weighted by Crippen LogP contribution is 2.30. The Bertz CT molecular complexity index is 753. The quantitative estimate of drug-likeness (QED) is 0.798. The lowest BCUT2D eigenvalue weighted by molar-refractivity contribution is -0.134. The van der Waals surface area contributed by atoms with Crippen molar-refractivity contribution in [1.29, 1.82) is 0 Å². The molecule has 1 aromatic rings. The van der Waals surface area contributed by atoms with Crippen molar-refractivity contribution in [3.05, 3.63) is 35.6 Å². The van der Waals surface area contributed by atoms with E-state index in [1.165, 1.54) is 28.8 Å². The number of nitrogens with zero attached hydrogens (tertiary/aromatic N) is 3. The second kappa shape index (κ2) is 7.01. The van der Waals surface area contributed by atoms with Crippen LogP contribution in [0.15, 0.2) is 24.3 Å². The zero-order valence-electron chi connectivity index (χ0n) is 14.6. The number of amides is 1. The fraction of sp³-hybridized carbons (Fsp3) is 0.588. The summed E-state index contributed by atoms with van der Waals surface area (Å²) in [5, 5.41) is 0. The summed E-state index contributed by atoms with van der Waals surface area (Å²) in [5.74, 6) is -0.394. The minimum Gasteiger partial charge on any atom is -0.338 e. The van der Waals surface area contributed by atoms with E-state index in [4.69, 9.17) is 0 Å². The van der Waals surface area contributed by atoms with Crippen molar-refractivity contribution < 1.29 is 17.6 Å². The Morgan fingerprint density at radius 2 is 1.92 bits per heavy atom. The van der Waals surface area contributed by atoms with Gasteiger partial charge in [-0.15, -0.1) is 0 Å². The molecule has 138 valence electrons. The Morgan fingerprint density at radius 3 is 2.60 bits per heavy atom. The number of halogens is 1. The van der Waals surface area contributed by atoms with E-state index in [1.807, 2.05) is 0 Å². The lowest BCUT2D eigenvalue weighted by Crippen LogP contribution is -2.49. The van der Waals surface area contributed by atoms with Crippen LogP contribution in [0.2, 0.25) is 0 Å². The maximum absolute atomic E-state index is 13.8. The molecular formula is C17H24FN3O3S. The number of hydrogen-bond donors (Lipinski definition) is 0. The summed E-state index contributed by atoms with van der Waals surface area (Å²) < 4.78 is 41.5. The maximum Gasteiger partial charge on any atom is 0.281 e. The minimum absolute atomic E-state index is 0.0102. The second-order valence-corrected chi connectivity index (χ2v) is 9.16. The SMILES string of the molecule is CN(C)S(=O)(=O)N1C[C@H]2CC[C@@H](C1)N(C(=O)Cc1ccccc1F)C2. The molecular weight excluding hydrogens is 345 g/mol. The summed E-state index contributed by atoms with van der Waals surface area (Å²) in [6.07, 6.45) is 1.71. The summed E-state index contributed by atoms with van der Waals surface area (Å²) in [6, 6.07) is 6.13. The third kappa shape index (κ3) is 3.70. The van der Waals surface area contributed by atoms with Crippen molar-refractivity contribution >= 4 is 16.1 Å². The Kier molecular flexibility index (Phi) is 5.13. The molecule has 0 N–H and O–H groups in total. The van der Waals surface area contributed by atoms with E-state index in [1.54, 1.807) is 23.1 Å². The van der Waals surface area contributed by atoms with E-state index in [2.05, 4.69) is 0 Å². The number of fused-ring (bicyclic) bond motifs is 4. The molecule has 0 aliphatic carbocycles. The highest BCUT2D eigenvalue weighted by atomic mass is 32.2. The number of rotatable bonds is 4. The molecule has 0 aromatic heterocycles. The molecule has 0 saturated carbocycles. The molecule has 3 saturated heterocycles. The molecule has 3 heterocycles. The number of carbonyl (C=O) groups excluding carboxylic acids is 1. The molecule has 3 fully saturated rings. The molecule has 0 radical (unpaired) electrons. The fourth-order valence-electron chi connectivity index (χ4n) is 3.67. The smallest absolute Gasteiger partial charge is 0.281 e. The van der Waals surface area contributed by atoms with Crippen LogP contribution in [0, 0.1) is 11.7 Å². The van der Waals surface area contributed by atoms with Crippen LogP contribution in [0.1, 0.15) is 18.4 Å². The monoisotopic (exact) mass is 369 g/mol. The van der Waals surface area contributed by atoms with E-state index in [9.17, 15) is 17.6 Å². The third-order valence-electron chi connectivity index (χ3n) is 5.09. The van der Waals surface area contributed by atoms with Crippen LogP contribution in [0.5, 0.6) is 0 Å². The molecule has 8 heteroatoms. The predicted molar refractivity (Wildman–Crippen MR) is 92.5 cm³/mol. The van der Waals surface area contributed by atoms with Crippen molar-refractivity contribution in [2.45, 2.75) is 25.3 Å². The largest absolute Gasteiger partial charge is 0.338 e. The highest BCUT2D eigenvalue weighted by Gasteiger charge is 2.41. The number of carbonyl (C=O) groups is 1. The fourth-order valence-corrected chi connectivity index (χ4v) is 4.89. The number of hydrogen-bond acceptors (Lipinski definition) is 3. The van der Waals surface area contributed by atoms with Gasteiger partial charge in [-0.3, -0.25) is 4.79 Å².